The molecule has 1 amide bonds. The monoisotopic (exact) mass is 235 g/mol. The molecule has 0 aliphatic rings. The SMILES string of the molecule is CC(C)C(O)CNC(=O)CCc1ccccc1. The number of nitrogens with one attached hydrogen (secondary N) is 1. The number of aliphatic hydroxyl groups is 1. The number of carbonyl (C=O) groups excluding carboxylic acids is 1. The van der Waals surface area contributed by atoms with Crippen molar-refractivity contribution in [3.63, 3.8) is 0 Å². The molecule has 2 N–H and O–H groups in total. The van der Waals surface area contributed by atoms with Gasteiger partial charge in [-0.1, -0.05) is 44.2 Å². The molecule has 3 heteroatoms. The maximum absolute atomic E-state index is 11.5. The lowest BCUT2D eigenvalue weighted by Crippen LogP contribution is -2.34. The summed E-state index contributed by atoms with van der Waals surface area (Å²) in [5.74, 6) is 0.165. The second-order valence-electron chi connectivity index (χ2n) is 4.60. The number of aryl methyl sites for hydroxylation is 1. The van der Waals surface area contributed by atoms with E-state index in [0.29, 0.717) is 13.0 Å². The summed E-state index contributed by atoms with van der Waals surface area (Å²) in [7, 11) is 0. The highest BCUT2D eigenvalue weighted by Crippen LogP contribution is 2.03. The molecule has 17 heavy (non-hydrogen) atoms. The minimum atomic E-state index is -0.462. The molecule has 94 valence electrons. The zero-order valence-electron chi connectivity index (χ0n) is 10.5. The molecule has 1 aromatic carbocycles. The zero-order chi connectivity index (χ0) is 12.7. The van der Waals surface area contributed by atoms with Crippen molar-refractivity contribution in [2.24, 2.45) is 5.92 Å². The first kappa shape index (κ1) is 13.7. The van der Waals surface area contributed by atoms with E-state index in [0.717, 1.165) is 12.0 Å². The second-order valence-corrected chi connectivity index (χ2v) is 4.60. The summed E-state index contributed by atoms with van der Waals surface area (Å²) in [4.78, 5) is 11.5. The van der Waals surface area contributed by atoms with Gasteiger partial charge in [-0.25, -0.2) is 0 Å². The third kappa shape index (κ3) is 5.50. The Morgan fingerprint density at radius 3 is 2.53 bits per heavy atom. The molecule has 1 unspecified atom stereocenters. The molecule has 0 saturated carbocycles. The van der Waals surface area contributed by atoms with Crippen LogP contribution in [0, 0.1) is 5.92 Å². The molecule has 0 aromatic heterocycles. The maximum Gasteiger partial charge on any atom is 0.220 e. The van der Waals surface area contributed by atoms with Gasteiger partial charge in [0.15, 0.2) is 0 Å². The number of hydrogen-bond acceptors (Lipinski definition) is 2. The second kappa shape index (κ2) is 7.07. The smallest absolute Gasteiger partial charge is 0.220 e. The average molecular weight is 235 g/mol. The number of benzene rings is 1. The molecule has 0 bridgehead atoms. The molecule has 0 saturated heterocycles. The van der Waals surface area contributed by atoms with Crippen molar-refractivity contribution in [1.29, 1.82) is 0 Å². The Morgan fingerprint density at radius 2 is 1.94 bits per heavy atom. The van der Waals surface area contributed by atoms with Crippen LogP contribution in [0.25, 0.3) is 0 Å². The zero-order valence-corrected chi connectivity index (χ0v) is 10.5. The molecule has 0 aliphatic heterocycles. The maximum atomic E-state index is 11.5. The van der Waals surface area contributed by atoms with Crippen molar-refractivity contribution in [3.05, 3.63) is 35.9 Å². The summed E-state index contributed by atoms with van der Waals surface area (Å²) in [5, 5.41) is 12.3. The Hall–Kier alpha value is -1.35. The van der Waals surface area contributed by atoms with Gasteiger partial charge in [-0.15, -0.1) is 0 Å². The molecule has 0 heterocycles. The number of hydrogen-bond donors (Lipinski definition) is 2. The molecule has 0 fully saturated rings. The number of carbonyl (C=O) groups is 1. The van der Waals surface area contributed by atoms with Crippen LogP contribution in [0.2, 0.25) is 0 Å². The molecule has 3 nitrogen and oxygen atoms in total. The van der Waals surface area contributed by atoms with Crippen LogP contribution in [0.3, 0.4) is 0 Å². The van der Waals surface area contributed by atoms with E-state index in [1.165, 1.54) is 0 Å². The Balaban J connectivity index is 2.22. The fourth-order valence-corrected chi connectivity index (χ4v) is 1.45. The average Bonchev–Trinajstić information content (AvgIpc) is 2.34. The Labute approximate surface area is 103 Å². The van der Waals surface area contributed by atoms with E-state index in [1.807, 2.05) is 44.2 Å². The highest BCUT2D eigenvalue weighted by Gasteiger charge is 2.10. The highest BCUT2D eigenvalue weighted by molar-refractivity contribution is 5.76. The van der Waals surface area contributed by atoms with E-state index in [-0.39, 0.29) is 11.8 Å². The topological polar surface area (TPSA) is 49.3 Å². The molecule has 0 spiro atoms. The normalized spacial score (nSPS) is 12.5. The van der Waals surface area contributed by atoms with Gasteiger partial charge in [0.25, 0.3) is 0 Å². The Morgan fingerprint density at radius 1 is 1.29 bits per heavy atom. The molecule has 1 aromatic rings. The summed E-state index contributed by atoms with van der Waals surface area (Å²) in [6, 6.07) is 9.92. The van der Waals surface area contributed by atoms with Gasteiger partial charge in [0.2, 0.25) is 5.91 Å². The highest BCUT2D eigenvalue weighted by atomic mass is 16.3. The van der Waals surface area contributed by atoms with E-state index in [4.69, 9.17) is 0 Å². The van der Waals surface area contributed by atoms with E-state index in [2.05, 4.69) is 5.32 Å². The van der Waals surface area contributed by atoms with Gasteiger partial charge >= 0.3 is 0 Å². The van der Waals surface area contributed by atoms with Crippen LogP contribution in [-0.4, -0.2) is 23.7 Å². The van der Waals surface area contributed by atoms with Crippen molar-refractivity contribution in [1.82, 2.24) is 5.32 Å². The van der Waals surface area contributed by atoms with Crippen LogP contribution in [-0.2, 0) is 11.2 Å². The van der Waals surface area contributed by atoms with Gasteiger partial charge in [0, 0.05) is 13.0 Å². The van der Waals surface area contributed by atoms with Gasteiger partial charge in [0.05, 0.1) is 6.10 Å². The largest absolute Gasteiger partial charge is 0.391 e. The minimum Gasteiger partial charge on any atom is -0.391 e. The van der Waals surface area contributed by atoms with Crippen LogP contribution < -0.4 is 5.32 Å². The summed E-state index contributed by atoms with van der Waals surface area (Å²) in [5.41, 5.74) is 1.16. The van der Waals surface area contributed by atoms with Crippen molar-refractivity contribution in [2.45, 2.75) is 32.8 Å². The van der Waals surface area contributed by atoms with Crippen LogP contribution in [0.5, 0.6) is 0 Å². The standard InChI is InChI=1S/C14H21NO2/c1-11(2)13(16)10-15-14(17)9-8-12-6-4-3-5-7-12/h3-7,11,13,16H,8-10H2,1-2H3,(H,15,17). The van der Waals surface area contributed by atoms with Gasteiger partial charge in [-0.05, 0) is 17.9 Å². The third-order valence-corrected chi connectivity index (χ3v) is 2.76. The van der Waals surface area contributed by atoms with Crippen LogP contribution in [0.1, 0.15) is 25.8 Å². The van der Waals surface area contributed by atoms with Crippen molar-refractivity contribution >= 4 is 5.91 Å². The fourth-order valence-electron chi connectivity index (χ4n) is 1.45. The van der Waals surface area contributed by atoms with Gasteiger partial charge < -0.3 is 10.4 Å². The van der Waals surface area contributed by atoms with Crippen LogP contribution in [0.4, 0.5) is 0 Å². The number of rotatable bonds is 6. The Kier molecular flexibility index (Phi) is 5.70. The summed E-state index contributed by atoms with van der Waals surface area (Å²) in [6.45, 7) is 4.20. The first-order chi connectivity index (χ1) is 8.09. The van der Waals surface area contributed by atoms with E-state index >= 15 is 0 Å². The van der Waals surface area contributed by atoms with E-state index in [9.17, 15) is 9.90 Å². The molecule has 1 atom stereocenters. The summed E-state index contributed by atoms with van der Waals surface area (Å²) < 4.78 is 0. The lowest BCUT2D eigenvalue weighted by molar-refractivity contribution is -0.121. The first-order valence-electron chi connectivity index (χ1n) is 6.08. The first-order valence-corrected chi connectivity index (χ1v) is 6.08. The predicted octanol–water partition coefficient (Wildman–Crippen LogP) is 1.75. The van der Waals surface area contributed by atoms with E-state index < -0.39 is 6.10 Å². The number of amides is 1. The van der Waals surface area contributed by atoms with Crippen molar-refractivity contribution in [2.75, 3.05) is 6.54 Å². The molecule has 0 aliphatic carbocycles. The molecule has 1 rings (SSSR count). The fraction of sp³-hybridized carbons (Fsp3) is 0.500. The molecule has 0 radical (unpaired) electrons. The van der Waals surface area contributed by atoms with Crippen LogP contribution >= 0.6 is 0 Å². The predicted molar refractivity (Wildman–Crippen MR) is 68.6 cm³/mol. The third-order valence-electron chi connectivity index (χ3n) is 2.76. The quantitative estimate of drug-likeness (QED) is 0.789. The molecular formula is C14H21NO2. The van der Waals surface area contributed by atoms with Gasteiger partial charge in [-0.3, -0.25) is 4.79 Å². The lowest BCUT2D eigenvalue weighted by Gasteiger charge is -2.14. The minimum absolute atomic E-state index is 0.00597. The molecular weight excluding hydrogens is 214 g/mol. The summed E-state index contributed by atoms with van der Waals surface area (Å²) in [6.07, 6.45) is 0.745. The van der Waals surface area contributed by atoms with Gasteiger partial charge in [0.1, 0.15) is 0 Å². The van der Waals surface area contributed by atoms with Gasteiger partial charge in [-0.2, -0.15) is 0 Å². The van der Waals surface area contributed by atoms with Crippen LogP contribution in [0.15, 0.2) is 30.3 Å². The lowest BCUT2D eigenvalue weighted by atomic mass is 10.1. The number of aliphatic hydroxyl groups excluding tert-OH is 1. The van der Waals surface area contributed by atoms with Crippen molar-refractivity contribution in [3.8, 4) is 0 Å². The summed E-state index contributed by atoms with van der Waals surface area (Å²) >= 11 is 0. The Bertz CT molecular complexity index is 335. The van der Waals surface area contributed by atoms with Crippen molar-refractivity contribution < 1.29 is 9.90 Å². The van der Waals surface area contributed by atoms with E-state index in [1.54, 1.807) is 0 Å².